The van der Waals surface area contributed by atoms with Gasteiger partial charge in [0.05, 0.1) is 33.1 Å². The molecule has 2 aromatic carbocycles. The van der Waals surface area contributed by atoms with Gasteiger partial charge in [0.25, 0.3) is 0 Å². The number of aromatic nitrogens is 4. The van der Waals surface area contributed by atoms with Crippen LogP contribution in [0, 0.1) is 27.7 Å². The fraction of sp³-hybridized carbons (Fsp3) is 0.182. The van der Waals surface area contributed by atoms with Crippen LogP contribution in [0.5, 0.6) is 0 Å². The van der Waals surface area contributed by atoms with Crippen LogP contribution in [0.25, 0.3) is 43.9 Å². The van der Waals surface area contributed by atoms with Gasteiger partial charge in [-0.3, -0.25) is 9.97 Å². The van der Waals surface area contributed by atoms with Gasteiger partial charge < -0.3 is 0 Å². The van der Waals surface area contributed by atoms with Gasteiger partial charge in [0.15, 0.2) is 0 Å². The minimum atomic E-state index is 0.877. The van der Waals surface area contributed by atoms with Gasteiger partial charge in [-0.1, -0.05) is 0 Å². The van der Waals surface area contributed by atoms with E-state index < -0.39 is 0 Å². The molecule has 0 saturated heterocycles. The molecule has 5 aromatic rings. The zero-order valence-corrected chi connectivity index (χ0v) is 15.3. The predicted molar refractivity (Wildman–Crippen MR) is 107 cm³/mol. The molecule has 5 rings (SSSR count). The Morgan fingerprint density at radius 3 is 1.35 bits per heavy atom. The smallest absolute Gasteiger partial charge is 0.0996 e. The summed E-state index contributed by atoms with van der Waals surface area (Å²) in [4.78, 5) is 19.3. The molecule has 0 aliphatic heterocycles. The van der Waals surface area contributed by atoms with Crippen molar-refractivity contribution in [2.45, 2.75) is 27.7 Å². The van der Waals surface area contributed by atoms with Gasteiger partial charge in [0, 0.05) is 23.2 Å². The van der Waals surface area contributed by atoms with Crippen molar-refractivity contribution in [1.82, 2.24) is 19.9 Å². The number of pyridine rings is 2. The van der Waals surface area contributed by atoms with E-state index in [0.29, 0.717) is 0 Å². The fourth-order valence-corrected chi connectivity index (χ4v) is 3.82. The second kappa shape index (κ2) is 5.18. The van der Waals surface area contributed by atoms with E-state index in [4.69, 9.17) is 9.97 Å². The molecule has 3 heterocycles. The number of aryl methyl sites for hydroxylation is 2. The maximum atomic E-state index is 5.09. The highest BCUT2D eigenvalue weighted by Crippen LogP contribution is 2.34. The predicted octanol–water partition coefficient (Wildman–Crippen LogP) is 5.11. The average Bonchev–Trinajstić information content (AvgIpc) is 2.70. The topological polar surface area (TPSA) is 51.6 Å². The quantitative estimate of drug-likeness (QED) is 0.291. The summed E-state index contributed by atoms with van der Waals surface area (Å²) < 4.78 is 0. The molecule has 0 amide bonds. The summed E-state index contributed by atoms with van der Waals surface area (Å²) >= 11 is 0. The van der Waals surface area contributed by atoms with Gasteiger partial charge >= 0.3 is 0 Å². The van der Waals surface area contributed by atoms with Crippen molar-refractivity contribution in [2.75, 3.05) is 0 Å². The first-order valence-corrected chi connectivity index (χ1v) is 8.77. The molecule has 0 radical (unpaired) electrons. The molecule has 0 bridgehead atoms. The summed E-state index contributed by atoms with van der Waals surface area (Å²) in [6.07, 6.45) is 3.61. The van der Waals surface area contributed by atoms with Crippen molar-refractivity contribution in [1.29, 1.82) is 0 Å². The van der Waals surface area contributed by atoms with Crippen LogP contribution in [0.15, 0.2) is 36.7 Å². The zero-order valence-electron chi connectivity index (χ0n) is 15.3. The largest absolute Gasteiger partial charge is 0.254 e. The van der Waals surface area contributed by atoms with Crippen molar-refractivity contribution >= 4 is 43.9 Å². The molecule has 0 spiro atoms. The van der Waals surface area contributed by atoms with E-state index >= 15 is 0 Å². The van der Waals surface area contributed by atoms with E-state index in [0.717, 1.165) is 43.9 Å². The van der Waals surface area contributed by atoms with Gasteiger partial charge in [0.1, 0.15) is 0 Å². The molecule has 0 aliphatic carbocycles. The Balaban J connectivity index is 2.15. The highest BCUT2D eigenvalue weighted by Gasteiger charge is 2.17. The lowest BCUT2D eigenvalue weighted by Gasteiger charge is -2.15. The molecule has 126 valence electrons. The lowest BCUT2D eigenvalue weighted by Crippen LogP contribution is -2.00. The SMILES string of the molecule is Cc1c(C)c(C)c2nc3c4cccnc4c4ncccc4c3nc2c1C. The molecule has 0 saturated carbocycles. The van der Waals surface area contributed by atoms with Crippen LogP contribution >= 0.6 is 0 Å². The molecule has 0 aliphatic rings. The lowest BCUT2D eigenvalue weighted by molar-refractivity contribution is 1.21. The third kappa shape index (κ3) is 1.84. The second-order valence-electron chi connectivity index (χ2n) is 6.92. The summed E-state index contributed by atoms with van der Waals surface area (Å²) in [6, 6.07) is 8.01. The molecule has 4 nitrogen and oxygen atoms in total. The Morgan fingerprint density at radius 1 is 0.500 bits per heavy atom. The van der Waals surface area contributed by atoms with Crippen LogP contribution in [0.4, 0.5) is 0 Å². The van der Waals surface area contributed by atoms with Crippen molar-refractivity contribution in [3.05, 3.63) is 58.9 Å². The maximum Gasteiger partial charge on any atom is 0.0996 e. The Morgan fingerprint density at radius 2 is 0.923 bits per heavy atom. The summed E-state index contributed by atoms with van der Waals surface area (Å²) in [5, 5.41) is 2.00. The molecule has 26 heavy (non-hydrogen) atoms. The van der Waals surface area contributed by atoms with Crippen LogP contribution in [-0.2, 0) is 0 Å². The van der Waals surface area contributed by atoms with Gasteiger partial charge in [-0.15, -0.1) is 0 Å². The summed E-state index contributed by atoms with van der Waals surface area (Å²) in [5.41, 5.74) is 10.5. The van der Waals surface area contributed by atoms with E-state index in [1.54, 1.807) is 12.4 Å². The monoisotopic (exact) mass is 338 g/mol. The Kier molecular flexibility index (Phi) is 3.02. The molecular formula is C22H18N4. The molecule has 0 atom stereocenters. The molecule has 3 aromatic heterocycles. The van der Waals surface area contributed by atoms with E-state index in [-0.39, 0.29) is 0 Å². The number of hydrogen-bond donors (Lipinski definition) is 0. The third-order valence-electron chi connectivity index (χ3n) is 5.64. The van der Waals surface area contributed by atoms with Crippen LogP contribution < -0.4 is 0 Å². The van der Waals surface area contributed by atoms with Crippen LogP contribution in [0.3, 0.4) is 0 Å². The first kappa shape index (κ1) is 15.1. The van der Waals surface area contributed by atoms with Crippen molar-refractivity contribution in [3.8, 4) is 0 Å². The molecule has 0 N–H and O–H groups in total. The van der Waals surface area contributed by atoms with Crippen molar-refractivity contribution in [2.24, 2.45) is 0 Å². The van der Waals surface area contributed by atoms with Gasteiger partial charge in [-0.05, 0) is 74.2 Å². The third-order valence-corrected chi connectivity index (χ3v) is 5.64. The Bertz CT molecular complexity index is 1260. The number of nitrogens with zero attached hydrogens (tertiary/aromatic N) is 4. The highest BCUT2D eigenvalue weighted by molar-refractivity contribution is 6.21. The number of fused-ring (bicyclic) bond motifs is 7. The molecule has 0 unspecified atom stereocenters. The van der Waals surface area contributed by atoms with Crippen LogP contribution in [0.2, 0.25) is 0 Å². The Hall–Kier alpha value is -3.14. The second-order valence-corrected chi connectivity index (χ2v) is 6.92. The molecular weight excluding hydrogens is 320 g/mol. The van der Waals surface area contributed by atoms with E-state index in [2.05, 4.69) is 49.8 Å². The van der Waals surface area contributed by atoms with Gasteiger partial charge in [0.2, 0.25) is 0 Å². The normalized spacial score (nSPS) is 11.8. The first-order valence-electron chi connectivity index (χ1n) is 8.77. The molecule has 0 fully saturated rings. The first-order chi connectivity index (χ1) is 12.6. The van der Waals surface area contributed by atoms with Gasteiger partial charge in [-0.2, -0.15) is 0 Å². The number of benzene rings is 2. The van der Waals surface area contributed by atoms with E-state index in [9.17, 15) is 0 Å². The minimum absolute atomic E-state index is 0.877. The van der Waals surface area contributed by atoms with E-state index in [1.165, 1.54) is 22.3 Å². The zero-order chi connectivity index (χ0) is 18.0. The number of rotatable bonds is 0. The van der Waals surface area contributed by atoms with E-state index in [1.807, 2.05) is 12.1 Å². The van der Waals surface area contributed by atoms with Crippen LogP contribution in [-0.4, -0.2) is 19.9 Å². The fourth-order valence-electron chi connectivity index (χ4n) is 3.82. The summed E-state index contributed by atoms with van der Waals surface area (Å²) in [6.45, 7) is 8.58. The summed E-state index contributed by atoms with van der Waals surface area (Å²) in [5.74, 6) is 0. The summed E-state index contributed by atoms with van der Waals surface area (Å²) in [7, 11) is 0. The van der Waals surface area contributed by atoms with Crippen molar-refractivity contribution < 1.29 is 0 Å². The minimum Gasteiger partial charge on any atom is -0.254 e. The molecule has 4 heteroatoms. The van der Waals surface area contributed by atoms with Crippen LogP contribution in [0.1, 0.15) is 22.3 Å². The van der Waals surface area contributed by atoms with Crippen molar-refractivity contribution in [3.63, 3.8) is 0 Å². The lowest BCUT2D eigenvalue weighted by atomic mass is 9.96. The average molecular weight is 338 g/mol. The number of hydrogen-bond acceptors (Lipinski definition) is 4. The standard InChI is InChI=1S/C22H18N4/c1-11-12(2)14(4)18-17(13(11)3)25-21-15-7-5-9-23-19(15)20-16(22(21)26-18)8-6-10-24-20/h5-10H,1-4H3. The highest BCUT2D eigenvalue weighted by atomic mass is 14.8. The Labute approximate surface area is 150 Å². The maximum absolute atomic E-state index is 5.09. The van der Waals surface area contributed by atoms with Gasteiger partial charge in [-0.25, -0.2) is 9.97 Å².